The number of carbonyl (C=O) groups excluding carboxylic acids is 2. The van der Waals surface area contributed by atoms with Crippen molar-refractivity contribution in [2.45, 2.75) is 273 Å². The van der Waals surface area contributed by atoms with Crippen LogP contribution in [0.5, 0.6) is 0 Å². The molecule has 1 unspecified atom stereocenters. The van der Waals surface area contributed by atoms with Crippen molar-refractivity contribution in [2.24, 2.45) is 34.5 Å². The lowest BCUT2D eigenvalue weighted by Gasteiger charge is -2.66. The topological polar surface area (TPSA) is 296 Å². The predicted molar refractivity (Wildman–Crippen MR) is 268 cm³/mol. The average molecular weight is 1110 g/mol. The third kappa shape index (κ3) is 11.2. The Morgan fingerprint density at radius 2 is 1.25 bits per heavy atom. The molecule has 0 amide bonds. The predicted octanol–water partition coefficient (Wildman–Crippen LogP) is 2.16. The highest BCUT2D eigenvalue weighted by molar-refractivity contribution is 5.72. The average Bonchev–Trinajstić information content (AvgIpc) is 3.92. The zero-order valence-electron chi connectivity index (χ0n) is 47.2. The van der Waals surface area contributed by atoms with E-state index in [1.54, 1.807) is 41.9 Å². The number of aliphatic hydroxyl groups is 7. The first-order chi connectivity index (χ1) is 36.3. The van der Waals surface area contributed by atoms with E-state index in [0.29, 0.717) is 25.7 Å². The Morgan fingerprint density at radius 1 is 0.649 bits per heavy atom. The van der Waals surface area contributed by atoms with Crippen molar-refractivity contribution >= 4 is 11.9 Å². The lowest BCUT2D eigenvalue weighted by Crippen LogP contribution is -2.72. The molecule has 8 aliphatic rings. The van der Waals surface area contributed by atoms with Gasteiger partial charge in [-0.3, -0.25) is 9.59 Å². The second-order valence-electron chi connectivity index (χ2n) is 24.3. The summed E-state index contributed by atoms with van der Waals surface area (Å²) in [4.78, 5) is 25.9. The van der Waals surface area contributed by atoms with Crippen LogP contribution in [0.3, 0.4) is 0 Å². The molecule has 29 atom stereocenters. The molecule has 4 aliphatic heterocycles. The van der Waals surface area contributed by atoms with Crippen molar-refractivity contribution in [3.05, 3.63) is 0 Å². The highest BCUT2D eigenvalue weighted by Crippen LogP contribution is 2.71. The number of carbonyl (C=O) groups is 2. The normalized spacial score (nSPS) is 50.9. The number of hydrogen-bond donors (Lipinski definition) is 7. The summed E-state index contributed by atoms with van der Waals surface area (Å²) in [5, 5.41) is 78.1. The highest BCUT2D eigenvalue weighted by Gasteiger charge is 2.77. The van der Waals surface area contributed by atoms with E-state index in [1.165, 1.54) is 14.0 Å². The number of rotatable bonds is 17. The Bertz CT molecular complexity index is 1980. The van der Waals surface area contributed by atoms with Gasteiger partial charge in [-0.1, -0.05) is 27.7 Å². The van der Waals surface area contributed by atoms with E-state index < -0.39 is 158 Å². The maximum atomic E-state index is 13.1. The Morgan fingerprint density at radius 3 is 1.84 bits per heavy atom. The lowest BCUT2D eigenvalue weighted by molar-refractivity contribution is -0.373. The molecule has 4 aliphatic carbocycles. The zero-order valence-corrected chi connectivity index (χ0v) is 47.2. The Labute approximate surface area is 453 Å². The van der Waals surface area contributed by atoms with Crippen LogP contribution in [0.1, 0.15) is 133 Å². The van der Waals surface area contributed by atoms with Crippen LogP contribution in [-0.4, -0.2) is 216 Å². The molecule has 8 fully saturated rings. The van der Waals surface area contributed by atoms with E-state index in [2.05, 4.69) is 6.92 Å². The van der Waals surface area contributed by atoms with Crippen molar-refractivity contribution in [1.82, 2.24) is 0 Å². The third-order valence-corrected chi connectivity index (χ3v) is 20.3. The summed E-state index contributed by atoms with van der Waals surface area (Å²) in [7, 11) is 4.55. The minimum Gasteiger partial charge on any atom is -0.462 e. The second-order valence-corrected chi connectivity index (χ2v) is 24.3. The van der Waals surface area contributed by atoms with Gasteiger partial charge in [-0.25, -0.2) is 0 Å². The largest absolute Gasteiger partial charge is 0.462 e. The van der Waals surface area contributed by atoms with Gasteiger partial charge in [0, 0.05) is 41.1 Å². The van der Waals surface area contributed by atoms with E-state index in [0.717, 1.165) is 32.1 Å². The number of ether oxygens (including phenoxy) is 13. The number of hydrogen-bond acceptors (Lipinski definition) is 22. The lowest BCUT2D eigenvalue weighted by atomic mass is 9.42. The SMILES string of the molecule is CCC(C)C(=O)O[C@@H](C)[C@]1(O)CC[C@]2(O)[C@@H]3CC[C@H]4C[C@@H](O[C@H]5C[C@H](OC)[C@H](O[C@H]6C[C@@H](OC)[C@H](O[C@@H]7O[C@H](C)[C@@H](O[C@@H]8O[C@H](CO)[C@@H](O)[C@H](O)[C@H]8O)[C@H](OC)[C@H]7O)[C@@H](C)O6)[C@@H](C)O5)CC[C@]4(C)[C@H]3C[C@@H](OC(C)=O)[C@]12C. The highest BCUT2D eigenvalue weighted by atomic mass is 16.8. The van der Waals surface area contributed by atoms with Crippen LogP contribution in [-0.2, 0) is 71.2 Å². The summed E-state index contributed by atoms with van der Waals surface area (Å²) < 4.78 is 80.2. The summed E-state index contributed by atoms with van der Waals surface area (Å²) in [6, 6.07) is 0. The zero-order chi connectivity index (χ0) is 56.3. The van der Waals surface area contributed by atoms with Crippen LogP contribution >= 0.6 is 0 Å². The molecule has 7 N–H and O–H groups in total. The van der Waals surface area contributed by atoms with Gasteiger partial charge in [0.2, 0.25) is 0 Å². The van der Waals surface area contributed by atoms with Crippen molar-refractivity contribution in [1.29, 1.82) is 0 Å². The summed E-state index contributed by atoms with van der Waals surface area (Å²) in [6.45, 7) is 15.6. The molecule has 0 bridgehead atoms. The van der Waals surface area contributed by atoms with E-state index >= 15 is 0 Å². The standard InChI is InChI=1S/C55H92O22/c1-13-25(2)49(62)71-29(6)54(63)18-19-55(64)33-15-14-31-20-32(16-17-52(31,8)34(33)21-38(53(54,55)9)72-30(7)57)73-39-22-35(65-10)45(26(3)68-39)75-40-23-36(66-11)46(27(4)69-40)76-51-44(61)48(67-12)47(28(5)70-51)77-50-43(60)42(59)41(58)37(24-56)74-50/h25-29,31-48,50-51,56,58-61,63-64H,13-24H2,1-12H3/t25?,26-,27-,28-,29+,31+,32+,33-,34+,35+,36-,37-,38-,39+,40+,41-,42+,43-,44-,45-,46-,47-,48-,50+,51+,52+,53-,54-,55+/m1/s1. The Kier molecular flexibility index (Phi) is 19.3. The minimum absolute atomic E-state index is 0.00134. The molecule has 22 heteroatoms. The van der Waals surface area contributed by atoms with Crippen LogP contribution < -0.4 is 0 Å². The molecule has 4 saturated carbocycles. The van der Waals surface area contributed by atoms with Gasteiger partial charge in [0.15, 0.2) is 25.2 Å². The smallest absolute Gasteiger partial charge is 0.309 e. The molecule has 0 aromatic heterocycles. The number of fused-ring (bicyclic) bond motifs is 5. The van der Waals surface area contributed by atoms with Crippen LogP contribution in [0.4, 0.5) is 0 Å². The van der Waals surface area contributed by atoms with Crippen LogP contribution in [0.15, 0.2) is 0 Å². The van der Waals surface area contributed by atoms with Gasteiger partial charge in [-0.15, -0.1) is 0 Å². The number of esters is 2. The van der Waals surface area contributed by atoms with E-state index in [4.69, 9.17) is 61.6 Å². The van der Waals surface area contributed by atoms with Gasteiger partial charge in [0.05, 0.1) is 60.2 Å². The van der Waals surface area contributed by atoms with Crippen LogP contribution in [0, 0.1) is 34.5 Å². The monoisotopic (exact) mass is 1100 g/mol. The molecule has 77 heavy (non-hydrogen) atoms. The summed E-state index contributed by atoms with van der Waals surface area (Å²) >= 11 is 0. The van der Waals surface area contributed by atoms with Gasteiger partial charge in [0.25, 0.3) is 0 Å². The minimum atomic E-state index is -1.67. The van der Waals surface area contributed by atoms with Gasteiger partial charge in [0.1, 0.15) is 72.7 Å². The van der Waals surface area contributed by atoms with Gasteiger partial charge >= 0.3 is 11.9 Å². The number of methoxy groups -OCH3 is 3. The fraction of sp³-hybridized carbons (Fsp3) is 0.964. The van der Waals surface area contributed by atoms with Crippen LogP contribution in [0.2, 0.25) is 0 Å². The van der Waals surface area contributed by atoms with Crippen molar-refractivity contribution < 1.29 is 107 Å². The fourth-order valence-corrected chi connectivity index (χ4v) is 15.4. The van der Waals surface area contributed by atoms with E-state index in [-0.39, 0.29) is 48.0 Å². The molecular weight excluding hydrogens is 1010 g/mol. The van der Waals surface area contributed by atoms with Crippen molar-refractivity contribution in [3.63, 3.8) is 0 Å². The maximum Gasteiger partial charge on any atom is 0.309 e. The molecule has 0 aromatic carbocycles. The summed E-state index contributed by atoms with van der Waals surface area (Å²) in [6.07, 6.45) is -13.5. The molecule has 8 rings (SSSR count). The van der Waals surface area contributed by atoms with Gasteiger partial charge in [-0.2, -0.15) is 0 Å². The number of aliphatic hydroxyl groups excluding tert-OH is 5. The summed E-state index contributed by atoms with van der Waals surface area (Å²) in [5.74, 6) is -1.16. The maximum absolute atomic E-state index is 13.1. The van der Waals surface area contributed by atoms with Gasteiger partial charge in [-0.05, 0) is 109 Å². The van der Waals surface area contributed by atoms with E-state index in [1.807, 2.05) is 20.8 Å². The van der Waals surface area contributed by atoms with Crippen LogP contribution in [0.25, 0.3) is 0 Å². The first-order valence-electron chi connectivity index (χ1n) is 28.3. The molecule has 444 valence electrons. The Balaban J connectivity index is 0.859. The molecule has 0 aromatic rings. The summed E-state index contributed by atoms with van der Waals surface area (Å²) in [5.41, 5.74) is -4.51. The third-order valence-electron chi connectivity index (χ3n) is 20.3. The molecule has 22 nitrogen and oxygen atoms in total. The second kappa shape index (κ2) is 24.2. The first-order valence-corrected chi connectivity index (χ1v) is 28.3. The quantitative estimate of drug-likeness (QED) is 0.0811. The molecule has 4 heterocycles. The van der Waals surface area contributed by atoms with Crippen molar-refractivity contribution in [2.75, 3.05) is 27.9 Å². The molecule has 0 radical (unpaired) electrons. The molecule has 0 spiro atoms. The van der Waals surface area contributed by atoms with E-state index in [9.17, 15) is 45.3 Å². The van der Waals surface area contributed by atoms with Crippen molar-refractivity contribution in [3.8, 4) is 0 Å². The first kappa shape index (κ1) is 61.3. The molecular formula is C55H92O22. The Hall–Kier alpha value is -1.78. The molecule has 4 saturated heterocycles. The van der Waals surface area contributed by atoms with Gasteiger partial charge < -0.3 is 97.3 Å². The fourth-order valence-electron chi connectivity index (χ4n) is 15.4.